The van der Waals surface area contributed by atoms with E-state index in [9.17, 15) is 9.00 Å². The van der Waals surface area contributed by atoms with E-state index in [1.54, 1.807) is 25.3 Å². The molecule has 0 rings (SSSR count). The lowest BCUT2D eigenvalue weighted by Gasteiger charge is -2.18. The molecule has 0 radical (unpaired) electrons. The maximum atomic E-state index is 10.7. The fraction of sp³-hybridized carbons (Fsp3) is 0.857. The summed E-state index contributed by atoms with van der Waals surface area (Å²) in [5.41, 5.74) is 0. The summed E-state index contributed by atoms with van der Waals surface area (Å²) < 4.78 is 10.7. The Labute approximate surface area is 75.0 Å². The summed E-state index contributed by atoms with van der Waals surface area (Å²) in [6.07, 6.45) is 2.01. The fourth-order valence-corrected chi connectivity index (χ4v) is 1.44. The quantitative estimate of drug-likeness (QED) is 0.655. The molecule has 0 fully saturated rings. The van der Waals surface area contributed by atoms with Crippen LogP contribution in [-0.4, -0.2) is 52.3 Å². The molecule has 0 aromatic carbocycles. The Morgan fingerprint density at radius 1 is 1.58 bits per heavy atom. The van der Waals surface area contributed by atoms with Gasteiger partial charge in [0, 0.05) is 22.8 Å². The average Bonchev–Trinajstić information content (AvgIpc) is 1.84. The molecule has 0 aromatic heterocycles. The van der Waals surface area contributed by atoms with Crippen molar-refractivity contribution < 1.29 is 14.1 Å². The first-order valence-electron chi connectivity index (χ1n) is 3.64. The summed E-state index contributed by atoms with van der Waals surface area (Å²) in [6.45, 7) is 0. The molecule has 0 saturated carbocycles. The number of rotatable bonds is 5. The highest BCUT2D eigenvalue weighted by Crippen LogP contribution is 2.00. The van der Waals surface area contributed by atoms with Gasteiger partial charge in [-0.1, -0.05) is 0 Å². The van der Waals surface area contributed by atoms with Crippen LogP contribution in [0, 0.1) is 0 Å². The molecule has 0 amide bonds. The standard InChI is InChI=1S/C7H15NO3S/c1-8(2)6(7(9)10)4-5-12(3)11/h6H,4-5H2,1-3H3,(H,9,10)/t6-,12?/m0/s1. The number of aliphatic carboxylic acids is 1. The summed E-state index contributed by atoms with van der Waals surface area (Å²) in [7, 11) is 2.50. The van der Waals surface area contributed by atoms with Gasteiger partial charge in [-0.15, -0.1) is 0 Å². The largest absolute Gasteiger partial charge is 0.480 e. The van der Waals surface area contributed by atoms with E-state index in [1.165, 1.54) is 0 Å². The topological polar surface area (TPSA) is 57.6 Å². The molecule has 2 atom stereocenters. The zero-order chi connectivity index (χ0) is 9.72. The van der Waals surface area contributed by atoms with Crippen LogP contribution in [0.5, 0.6) is 0 Å². The number of carbonyl (C=O) groups is 1. The van der Waals surface area contributed by atoms with Crippen LogP contribution in [-0.2, 0) is 15.6 Å². The molecule has 0 aromatic rings. The Balaban J connectivity index is 3.97. The highest BCUT2D eigenvalue weighted by Gasteiger charge is 2.19. The highest BCUT2D eigenvalue weighted by atomic mass is 32.2. The molecular weight excluding hydrogens is 178 g/mol. The van der Waals surface area contributed by atoms with Gasteiger partial charge in [-0.25, -0.2) is 0 Å². The molecule has 0 bridgehead atoms. The lowest BCUT2D eigenvalue weighted by atomic mass is 10.2. The highest BCUT2D eigenvalue weighted by molar-refractivity contribution is 7.84. The molecule has 0 heterocycles. The van der Waals surface area contributed by atoms with Crippen LogP contribution in [0.3, 0.4) is 0 Å². The Bertz CT molecular complexity index is 181. The van der Waals surface area contributed by atoms with Gasteiger partial charge < -0.3 is 5.11 Å². The molecule has 4 nitrogen and oxygen atoms in total. The van der Waals surface area contributed by atoms with Gasteiger partial charge in [0.05, 0.1) is 0 Å². The summed E-state index contributed by atoms with van der Waals surface area (Å²) in [4.78, 5) is 12.2. The van der Waals surface area contributed by atoms with Crippen molar-refractivity contribution in [2.45, 2.75) is 12.5 Å². The molecule has 12 heavy (non-hydrogen) atoms. The molecule has 0 spiro atoms. The first kappa shape index (κ1) is 11.6. The molecule has 0 aliphatic heterocycles. The molecule has 0 aliphatic carbocycles. The second kappa shape index (κ2) is 5.27. The van der Waals surface area contributed by atoms with Gasteiger partial charge in [0.25, 0.3) is 0 Å². The maximum absolute atomic E-state index is 10.7. The predicted molar refractivity (Wildman–Crippen MR) is 48.7 cm³/mol. The third kappa shape index (κ3) is 4.46. The zero-order valence-electron chi connectivity index (χ0n) is 7.61. The summed E-state index contributed by atoms with van der Waals surface area (Å²) >= 11 is 0. The second-order valence-corrected chi connectivity index (χ2v) is 4.44. The normalized spacial score (nSPS) is 16.0. The molecule has 1 N–H and O–H groups in total. The SMILES string of the molecule is CN(C)[C@@H](CCS(C)=O)C(=O)O. The Hall–Kier alpha value is -0.420. The predicted octanol–water partition coefficient (Wildman–Crippen LogP) is -0.230. The zero-order valence-corrected chi connectivity index (χ0v) is 8.43. The van der Waals surface area contributed by atoms with E-state index in [4.69, 9.17) is 5.11 Å². The van der Waals surface area contributed by atoms with Crippen LogP contribution in [0.2, 0.25) is 0 Å². The minimum Gasteiger partial charge on any atom is -0.480 e. The third-order valence-electron chi connectivity index (χ3n) is 1.59. The number of hydrogen-bond donors (Lipinski definition) is 1. The van der Waals surface area contributed by atoms with Crippen molar-refractivity contribution in [3.05, 3.63) is 0 Å². The fourth-order valence-electron chi connectivity index (χ4n) is 0.880. The lowest BCUT2D eigenvalue weighted by molar-refractivity contribution is -0.142. The molecule has 1 unspecified atom stereocenters. The van der Waals surface area contributed by atoms with Gasteiger partial charge >= 0.3 is 5.97 Å². The van der Waals surface area contributed by atoms with Crippen LogP contribution in [0.1, 0.15) is 6.42 Å². The number of carboxylic acid groups (broad SMARTS) is 1. The number of nitrogens with zero attached hydrogens (tertiary/aromatic N) is 1. The monoisotopic (exact) mass is 193 g/mol. The molecule has 0 aliphatic rings. The second-order valence-electron chi connectivity index (χ2n) is 2.88. The summed E-state index contributed by atoms with van der Waals surface area (Å²) in [5.74, 6) is -0.416. The van der Waals surface area contributed by atoms with Gasteiger partial charge in [0.15, 0.2) is 0 Å². The van der Waals surface area contributed by atoms with Gasteiger partial charge in [-0.2, -0.15) is 0 Å². The van der Waals surface area contributed by atoms with Crippen LogP contribution in [0.15, 0.2) is 0 Å². The van der Waals surface area contributed by atoms with E-state index < -0.39 is 22.8 Å². The maximum Gasteiger partial charge on any atom is 0.320 e. The molecular formula is C7H15NO3S. The van der Waals surface area contributed by atoms with Gasteiger partial charge in [0.1, 0.15) is 6.04 Å². The van der Waals surface area contributed by atoms with Crippen LogP contribution < -0.4 is 0 Å². The smallest absolute Gasteiger partial charge is 0.320 e. The molecule has 5 heteroatoms. The average molecular weight is 193 g/mol. The van der Waals surface area contributed by atoms with Crippen molar-refractivity contribution in [3.8, 4) is 0 Å². The molecule has 0 saturated heterocycles. The van der Waals surface area contributed by atoms with Crippen molar-refractivity contribution in [1.82, 2.24) is 4.90 Å². The van der Waals surface area contributed by atoms with E-state index in [1.807, 2.05) is 0 Å². The van der Waals surface area contributed by atoms with E-state index in [0.717, 1.165) is 0 Å². The van der Waals surface area contributed by atoms with E-state index in [-0.39, 0.29) is 0 Å². The Kier molecular flexibility index (Phi) is 5.08. The van der Waals surface area contributed by atoms with Crippen molar-refractivity contribution in [2.75, 3.05) is 26.1 Å². The first-order chi connectivity index (χ1) is 5.45. The van der Waals surface area contributed by atoms with E-state index >= 15 is 0 Å². The summed E-state index contributed by atoms with van der Waals surface area (Å²) in [5, 5.41) is 8.72. The van der Waals surface area contributed by atoms with Gasteiger partial charge in [0.2, 0.25) is 0 Å². The lowest BCUT2D eigenvalue weighted by Crippen LogP contribution is -2.36. The first-order valence-corrected chi connectivity index (χ1v) is 5.37. The third-order valence-corrected chi connectivity index (χ3v) is 2.40. The minimum absolute atomic E-state index is 0.436. The number of carboxylic acids is 1. The van der Waals surface area contributed by atoms with E-state index in [2.05, 4.69) is 0 Å². The van der Waals surface area contributed by atoms with Crippen LogP contribution in [0.4, 0.5) is 0 Å². The van der Waals surface area contributed by atoms with Gasteiger partial charge in [-0.3, -0.25) is 13.9 Å². The number of likely N-dealkylation sites (N-methyl/N-ethyl adjacent to an activating group) is 1. The summed E-state index contributed by atoms with van der Waals surface area (Å²) in [6, 6.07) is -0.520. The van der Waals surface area contributed by atoms with Crippen molar-refractivity contribution in [1.29, 1.82) is 0 Å². The van der Waals surface area contributed by atoms with E-state index in [0.29, 0.717) is 12.2 Å². The van der Waals surface area contributed by atoms with Crippen molar-refractivity contribution in [2.24, 2.45) is 0 Å². The minimum atomic E-state index is -0.909. The van der Waals surface area contributed by atoms with Crippen molar-refractivity contribution >= 4 is 16.8 Å². The Morgan fingerprint density at radius 3 is 2.33 bits per heavy atom. The van der Waals surface area contributed by atoms with Gasteiger partial charge in [-0.05, 0) is 20.5 Å². The van der Waals surface area contributed by atoms with Crippen molar-refractivity contribution in [3.63, 3.8) is 0 Å². The number of hydrogen-bond acceptors (Lipinski definition) is 3. The molecule has 72 valence electrons. The van der Waals surface area contributed by atoms with Crippen LogP contribution >= 0.6 is 0 Å². The Morgan fingerprint density at radius 2 is 2.08 bits per heavy atom. The van der Waals surface area contributed by atoms with Crippen LogP contribution in [0.25, 0.3) is 0 Å².